The van der Waals surface area contributed by atoms with Crippen molar-refractivity contribution in [3.05, 3.63) is 36.1 Å². The Morgan fingerprint density at radius 3 is 2.50 bits per heavy atom. The van der Waals surface area contributed by atoms with Crippen LogP contribution in [0, 0.1) is 0 Å². The van der Waals surface area contributed by atoms with Crippen LogP contribution < -0.4 is 0 Å². The molecule has 0 aromatic heterocycles. The van der Waals surface area contributed by atoms with Crippen LogP contribution in [0.4, 0.5) is 0 Å². The average Bonchev–Trinajstić information content (AvgIpc) is 2.15. The highest BCUT2D eigenvalue weighted by Gasteiger charge is 1.90. The number of hydrogen-bond donors (Lipinski definition) is 0. The fourth-order valence-corrected chi connectivity index (χ4v) is 0.756. The average molecular weight is 196 g/mol. The summed E-state index contributed by atoms with van der Waals surface area (Å²) in [6, 6.07) is 0. The second kappa shape index (κ2) is 8.26. The van der Waals surface area contributed by atoms with Crippen LogP contribution in [0.5, 0.6) is 0 Å². The van der Waals surface area contributed by atoms with E-state index in [0.717, 1.165) is 0 Å². The van der Waals surface area contributed by atoms with Crippen LogP contribution in [0.1, 0.15) is 6.92 Å². The molecule has 0 radical (unpaired) electrons. The Kier molecular flexibility index (Phi) is 7.46. The number of methoxy groups -OCH3 is 2. The molecule has 14 heavy (non-hydrogen) atoms. The summed E-state index contributed by atoms with van der Waals surface area (Å²) in [5, 5.41) is 0. The van der Waals surface area contributed by atoms with Crippen molar-refractivity contribution >= 4 is 5.78 Å². The summed E-state index contributed by atoms with van der Waals surface area (Å²) in [5.41, 5.74) is 0. The molecule has 3 heteroatoms. The topological polar surface area (TPSA) is 35.5 Å². The van der Waals surface area contributed by atoms with E-state index in [1.165, 1.54) is 20.1 Å². The van der Waals surface area contributed by atoms with Crippen molar-refractivity contribution in [3.63, 3.8) is 0 Å². The summed E-state index contributed by atoms with van der Waals surface area (Å²) in [6.07, 6.45) is 8.62. The van der Waals surface area contributed by atoms with Gasteiger partial charge in [-0.25, -0.2) is 0 Å². The third-order valence-corrected chi connectivity index (χ3v) is 1.35. The first-order chi connectivity index (χ1) is 6.70. The molecule has 0 aliphatic rings. The highest BCUT2D eigenvalue weighted by molar-refractivity contribution is 5.88. The molecule has 0 heterocycles. The molecular weight excluding hydrogens is 180 g/mol. The second-order valence-corrected chi connectivity index (χ2v) is 2.60. The first kappa shape index (κ1) is 12.7. The van der Waals surface area contributed by atoms with Gasteiger partial charge in [-0.3, -0.25) is 4.79 Å². The molecule has 0 fully saturated rings. The van der Waals surface area contributed by atoms with Gasteiger partial charge in [0.1, 0.15) is 5.76 Å². The number of allylic oxidation sites excluding steroid dienone is 4. The van der Waals surface area contributed by atoms with Crippen molar-refractivity contribution in [1.82, 2.24) is 0 Å². The third kappa shape index (κ3) is 7.31. The summed E-state index contributed by atoms with van der Waals surface area (Å²) in [5.74, 6) is 0.506. The molecule has 0 spiro atoms. The second-order valence-electron chi connectivity index (χ2n) is 2.60. The molecule has 0 aliphatic carbocycles. The van der Waals surface area contributed by atoms with E-state index in [4.69, 9.17) is 9.47 Å². The Morgan fingerprint density at radius 2 is 2.00 bits per heavy atom. The third-order valence-electron chi connectivity index (χ3n) is 1.35. The quantitative estimate of drug-likeness (QED) is 0.369. The number of rotatable bonds is 6. The zero-order chi connectivity index (χ0) is 10.8. The highest BCUT2D eigenvalue weighted by atomic mass is 16.5. The Labute approximate surface area is 84.7 Å². The number of carbonyl (C=O) groups excluding carboxylic acids is 1. The molecule has 0 saturated carbocycles. The lowest BCUT2D eigenvalue weighted by atomic mass is 10.3. The van der Waals surface area contributed by atoms with Crippen molar-refractivity contribution in [1.29, 1.82) is 0 Å². The first-order valence-electron chi connectivity index (χ1n) is 4.29. The van der Waals surface area contributed by atoms with E-state index in [-0.39, 0.29) is 5.78 Å². The molecule has 0 atom stereocenters. The van der Waals surface area contributed by atoms with Crippen LogP contribution in [0.25, 0.3) is 0 Å². The van der Waals surface area contributed by atoms with Gasteiger partial charge >= 0.3 is 0 Å². The molecule has 3 nitrogen and oxygen atoms in total. The Balaban J connectivity index is 4.11. The summed E-state index contributed by atoms with van der Waals surface area (Å²) in [6.45, 7) is 2.05. The van der Waals surface area contributed by atoms with Crippen LogP contribution >= 0.6 is 0 Å². The van der Waals surface area contributed by atoms with Gasteiger partial charge in [-0.1, -0.05) is 18.2 Å². The Hall–Kier alpha value is -1.35. The first-order valence-corrected chi connectivity index (χ1v) is 4.29. The molecule has 0 aliphatic heterocycles. The molecule has 0 amide bonds. The fourth-order valence-electron chi connectivity index (χ4n) is 0.756. The van der Waals surface area contributed by atoms with Crippen molar-refractivity contribution < 1.29 is 14.3 Å². The van der Waals surface area contributed by atoms with E-state index in [0.29, 0.717) is 12.4 Å². The number of carbonyl (C=O) groups is 1. The molecular formula is C11H16O3. The molecule has 0 N–H and O–H groups in total. The number of ether oxygens (including phenoxy) is 2. The maximum absolute atomic E-state index is 10.7. The normalized spacial score (nSPS) is 12.6. The minimum absolute atomic E-state index is 0.0348. The fraction of sp³-hybridized carbons (Fsp3) is 0.364. The van der Waals surface area contributed by atoms with E-state index in [1.54, 1.807) is 19.3 Å². The van der Waals surface area contributed by atoms with Crippen LogP contribution in [0.15, 0.2) is 36.1 Å². The van der Waals surface area contributed by atoms with Gasteiger partial charge in [0.2, 0.25) is 0 Å². The molecule has 0 aromatic rings. The molecule has 78 valence electrons. The molecule has 0 bridgehead atoms. The standard InChI is InChI=1S/C11H16O3/c1-10(12)9-11(14-3)7-5-4-6-8-13-2/h4-7,9H,8H2,1-3H3/b6-4+,7-5+,11-9-. The maximum Gasteiger partial charge on any atom is 0.156 e. The molecule has 0 unspecified atom stereocenters. The molecule has 0 rings (SSSR count). The number of hydrogen-bond acceptors (Lipinski definition) is 3. The van der Waals surface area contributed by atoms with E-state index < -0.39 is 0 Å². The van der Waals surface area contributed by atoms with E-state index in [2.05, 4.69) is 0 Å². The van der Waals surface area contributed by atoms with Crippen LogP contribution in [0.3, 0.4) is 0 Å². The van der Waals surface area contributed by atoms with Gasteiger partial charge in [0, 0.05) is 13.2 Å². The lowest BCUT2D eigenvalue weighted by Crippen LogP contribution is -1.88. The van der Waals surface area contributed by atoms with Crippen molar-refractivity contribution in [2.45, 2.75) is 6.92 Å². The van der Waals surface area contributed by atoms with Crippen LogP contribution in [-0.2, 0) is 14.3 Å². The monoisotopic (exact) mass is 196 g/mol. The predicted molar refractivity (Wildman–Crippen MR) is 55.9 cm³/mol. The highest BCUT2D eigenvalue weighted by Crippen LogP contribution is 1.98. The summed E-state index contributed by atoms with van der Waals surface area (Å²) < 4.78 is 9.78. The van der Waals surface area contributed by atoms with Gasteiger partial charge in [-0.2, -0.15) is 0 Å². The zero-order valence-electron chi connectivity index (χ0n) is 8.82. The van der Waals surface area contributed by atoms with Gasteiger partial charge < -0.3 is 9.47 Å². The SMILES string of the molecule is COC/C=C/C=C/C(=C/C(C)=O)OC. The lowest BCUT2D eigenvalue weighted by Gasteiger charge is -1.96. The van der Waals surface area contributed by atoms with Crippen LogP contribution in [0.2, 0.25) is 0 Å². The minimum Gasteiger partial charge on any atom is -0.497 e. The van der Waals surface area contributed by atoms with E-state index in [9.17, 15) is 4.79 Å². The Bertz CT molecular complexity index is 249. The smallest absolute Gasteiger partial charge is 0.156 e. The summed E-state index contributed by atoms with van der Waals surface area (Å²) in [4.78, 5) is 10.7. The molecule has 0 saturated heterocycles. The van der Waals surface area contributed by atoms with Crippen molar-refractivity contribution in [2.75, 3.05) is 20.8 Å². The van der Waals surface area contributed by atoms with Gasteiger partial charge in [0.25, 0.3) is 0 Å². The summed E-state index contributed by atoms with van der Waals surface area (Å²) in [7, 11) is 3.16. The van der Waals surface area contributed by atoms with Crippen molar-refractivity contribution in [3.8, 4) is 0 Å². The number of ketones is 1. The van der Waals surface area contributed by atoms with Gasteiger partial charge in [0.15, 0.2) is 5.78 Å². The van der Waals surface area contributed by atoms with Crippen LogP contribution in [-0.4, -0.2) is 26.6 Å². The van der Waals surface area contributed by atoms with Gasteiger partial charge in [-0.05, 0) is 13.0 Å². The van der Waals surface area contributed by atoms with E-state index >= 15 is 0 Å². The maximum atomic E-state index is 10.7. The lowest BCUT2D eigenvalue weighted by molar-refractivity contribution is -0.112. The predicted octanol–water partition coefficient (Wildman–Crippen LogP) is 1.86. The van der Waals surface area contributed by atoms with Gasteiger partial charge in [0.05, 0.1) is 13.7 Å². The molecule has 0 aromatic carbocycles. The largest absolute Gasteiger partial charge is 0.497 e. The van der Waals surface area contributed by atoms with Crippen molar-refractivity contribution in [2.24, 2.45) is 0 Å². The van der Waals surface area contributed by atoms with E-state index in [1.807, 2.05) is 12.2 Å². The van der Waals surface area contributed by atoms with Gasteiger partial charge in [-0.15, -0.1) is 0 Å². The Morgan fingerprint density at radius 1 is 1.29 bits per heavy atom. The summed E-state index contributed by atoms with van der Waals surface area (Å²) >= 11 is 0. The zero-order valence-corrected chi connectivity index (χ0v) is 8.82. The minimum atomic E-state index is -0.0348.